The van der Waals surface area contributed by atoms with Gasteiger partial charge in [0.25, 0.3) is 20.2 Å². The first-order valence-corrected chi connectivity index (χ1v) is 10.3. The molecule has 0 atom stereocenters. The van der Waals surface area contributed by atoms with Gasteiger partial charge in [0.1, 0.15) is 0 Å². The molecular weight excluding hydrogens is 364 g/mol. The van der Waals surface area contributed by atoms with Crippen molar-refractivity contribution in [3.63, 3.8) is 0 Å². The summed E-state index contributed by atoms with van der Waals surface area (Å²) in [6.07, 6.45) is 0.280. The largest absolute Gasteiger partial charge is 0.294 e. The molecule has 2 aromatic rings. The van der Waals surface area contributed by atoms with Gasteiger partial charge in [0.15, 0.2) is 0 Å². The van der Waals surface area contributed by atoms with E-state index in [-0.39, 0.29) is 16.2 Å². The number of aryl methyl sites for hydroxylation is 2. The third-order valence-corrected chi connectivity index (χ3v) is 6.47. The molecule has 0 spiro atoms. The normalized spacial score (nSPS) is 12.4. The van der Waals surface area contributed by atoms with E-state index >= 15 is 0 Å². The van der Waals surface area contributed by atoms with E-state index in [1.807, 2.05) is 13.8 Å². The van der Waals surface area contributed by atoms with Gasteiger partial charge in [0, 0.05) is 0 Å². The second-order valence-electron chi connectivity index (χ2n) is 6.10. The van der Waals surface area contributed by atoms with Gasteiger partial charge in [-0.1, -0.05) is 12.1 Å². The van der Waals surface area contributed by atoms with Crippen molar-refractivity contribution in [1.29, 1.82) is 0 Å². The van der Waals surface area contributed by atoms with Crippen molar-refractivity contribution in [2.24, 2.45) is 0 Å². The van der Waals surface area contributed by atoms with Gasteiger partial charge in [0.05, 0.1) is 9.79 Å². The summed E-state index contributed by atoms with van der Waals surface area (Å²) in [5, 5.41) is 0. The highest BCUT2D eigenvalue weighted by atomic mass is 32.2. The van der Waals surface area contributed by atoms with Gasteiger partial charge in [-0.3, -0.25) is 9.11 Å². The lowest BCUT2D eigenvalue weighted by Crippen LogP contribution is -2.09. The van der Waals surface area contributed by atoms with Crippen LogP contribution in [-0.4, -0.2) is 25.9 Å². The number of hydrogen-bond acceptors (Lipinski definition) is 4. The van der Waals surface area contributed by atoms with Gasteiger partial charge < -0.3 is 0 Å². The van der Waals surface area contributed by atoms with Crippen LogP contribution in [0, 0.1) is 27.7 Å². The van der Waals surface area contributed by atoms with Crippen LogP contribution in [-0.2, 0) is 26.7 Å². The maximum Gasteiger partial charge on any atom is 0.294 e. The lowest BCUT2D eigenvalue weighted by atomic mass is 9.91. The smallest absolute Gasteiger partial charge is 0.282 e. The molecule has 0 aliphatic rings. The van der Waals surface area contributed by atoms with Crippen molar-refractivity contribution in [2.45, 2.75) is 43.9 Å². The Hall–Kier alpha value is -1.74. The minimum atomic E-state index is -4.35. The first-order valence-electron chi connectivity index (χ1n) is 7.47. The molecule has 136 valence electrons. The monoisotopic (exact) mass is 384 g/mol. The first-order chi connectivity index (χ1) is 11.3. The molecule has 2 aromatic carbocycles. The molecule has 2 rings (SSSR count). The maximum atomic E-state index is 11.5. The van der Waals surface area contributed by atoms with E-state index in [9.17, 15) is 25.9 Å². The molecule has 0 aliphatic heterocycles. The van der Waals surface area contributed by atoms with Crippen LogP contribution in [0.5, 0.6) is 0 Å². The molecule has 0 unspecified atom stereocenters. The van der Waals surface area contributed by atoms with Crippen LogP contribution in [0.3, 0.4) is 0 Å². The van der Waals surface area contributed by atoms with Gasteiger partial charge in [-0.25, -0.2) is 0 Å². The van der Waals surface area contributed by atoms with Crippen LogP contribution >= 0.6 is 0 Å². The second-order valence-corrected chi connectivity index (χ2v) is 8.88. The fourth-order valence-electron chi connectivity index (χ4n) is 3.02. The van der Waals surface area contributed by atoms with Gasteiger partial charge in [-0.05, 0) is 79.6 Å². The highest BCUT2D eigenvalue weighted by molar-refractivity contribution is 7.86. The van der Waals surface area contributed by atoms with Crippen LogP contribution in [0.25, 0.3) is 0 Å². The third-order valence-electron chi connectivity index (χ3n) is 4.48. The van der Waals surface area contributed by atoms with Crippen LogP contribution < -0.4 is 0 Å². The lowest BCUT2D eigenvalue weighted by molar-refractivity contribution is 0.480. The van der Waals surface area contributed by atoms with Crippen molar-refractivity contribution in [2.75, 3.05) is 0 Å². The average Bonchev–Trinajstić information content (AvgIpc) is 2.43. The van der Waals surface area contributed by atoms with Gasteiger partial charge in [0.2, 0.25) is 0 Å². The summed E-state index contributed by atoms with van der Waals surface area (Å²) >= 11 is 0. The molecule has 8 heteroatoms. The predicted octanol–water partition coefficient (Wildman–Crippen LogP) is 3.00. The molecule has 0 aromatic heterocycles. The molecule has 0 saturated heterocycles. The van der Waals surface area contributed by atoms with E-state index in [2.05, 4.69) is 0 Å². The molecule has 0 heterocycles. The van der Waals surface area contributed by atoms with Gasteiger partial charge >= 0.3 is 0 Å². The Balaban J connectivity index is 2.70. The van der Waals surface area contributed by atoms with E-state index in [1.54, 1.807) is 26.0 Å². The zero-order chi connectivity index (χ0) is 19.2. The van der Waals surface area contributed by atoms with Crippen molar-refractivity contribution in [3.8, 4) is 0 Å². The molecule has 0 bridgehead atoms. The minimum absolute atomic E-state index is 0.172. The zero-order valence-corrected chi connectivity index (χ0v) is 16.0. The molecule has 0 fully saturated rings. The summed E-state index contributed by atoms with van der Waals surface area (Å²) in [4.78, 5) is -0.344. The summed E-state index contributed by atoms with van der Waals surface area (Å²) in [5.74, 6) is 0. The molecule has 2 N–H and O–H groups in total. The van der Waals surface area contributed by atoms with E-state index in [0.717, 1.165) is 11.1 Å². The Morgan fingerprint density at radius 3 is 1.28 bits per heavy atom. The highest BCUT2D eigenvalue weighted by Crippen LogP contribution is 2.29. The van der Waals surface area contributed by atoms with Gasteiger partial charge in [-0.2, -0.15) is 16.8 Å². The Kier molecular flexibility index (Phi) is 5.11. The number of benzene rings is 2. The van der Waals surface area contributed by atoms with Crippen LogP contribution in [0.4, 0.5) is 0 Å². The molecule has 0 radical (unpaired) electrons. The quantitative estimate of drug-likeness (QED) is 0.785. The first kappa shape index (κ1) is 19.6. The Morgan fingerprint density at radius 2 is 1.00 bits per heavy atom. The van der Waals surface area contributed by atoms with E-state index < -0.39 is 20.2 Å². The molecule has 25 heavy (non-hydrogen) atoms. The molecule has 0 amide bonds. The van der Waals surface area contributed by atoms with Crippen molar-refractivity contribution in [1.82, 2.24) is 0 Å². The van der Waals surface area contributed by atoms with Gasteiger partial charge in [-0.15, -0.1) is 0 Å². The summed E-state index contributed by atoms with van der Waals surface area (Å²) in [7, 11) is -8.71. The topological polar surface area (TPSA) is 109 Å². The van der Waals surface area contributed by atoms with Crippen LogP contribution in [0.1, 0.15) is 33.4 Å². The van der Waals surface area contributed by atoms with Crippen molar-refractivity contribution < 1.29 is 25.9 Å². The number of rotatable bonds is 4. The zero-order valence-electron chi connectivity index (χ0n) is 14.4. The third kappa shape index (κ3) is 3.92. The number of hydrogen-bond donors (Lipinski definition) is 2. The minimum Gasteiger partial charge on any atom is -0.282 e. The van der Waals surface area contributed by atoms with E-state index in [0.29, 0.717) is 22.3 Å². The lowest BCUT2D eigenvalue weighted by Gasteiger charge is -2.17. The maximum absolute atomic E-state index is 11.5. The predicted molar refractivity (Wildman–Crippen MR) is 94.3 cm³/mol. The fraction of sp³-hybridized carbons (Fsp3) is 0.294. The molecule has 6 nitrogen and oxygen atoms in total. The Morgan fingerprint density at radius 1 is 0.680 bits per heavy atom. The fourth-order valence-corrected chi connectivity index (χ4v) is 4.52. The summed E-state index contributed by atoms with van der Waals surface area (Å²) in [6.45, 7) is 6.83. The standard InChI is InChI=1S/C17H20O6S2/c1-10-5-7-16(24(18,19)20)12(3)14(10)9-15-11(2)6-8-17(13(15)4)25(21,22)23/h5-8H,9H2,1-4H3,(H,18,19,20)(H,21,22,23). The molecular formula is C17H20O6S2. The van der Waals surface area contributed by atoms with Crippen molar-refractivity contribution >= 4 is 20.2 Å². The van der Waals surface area contributed by atoms with Crippen LogP contribution in [0.15, 0.2) is 34.1 Å². The van der Waals surface area contributed by atoms with E-state index in [4.69, 9.17) is 0 Å². The van der Waals surface area contributed by atoms with E-state index in [1.165, 1.54) is 12.1 Å². The SMILES string of the molecule is Cc1ccc(S(=O)(=O)O)c(C)c1Cc1c(C)ccc(S(=O)(=O)O)c1C. The average molecular weight is 384 g/mol. The molecule has 0 saturated carbocycles. The van der Waals surface area contributed by atoms with Crippen molar-refractivity contribution in [3.05, 3.63) is 57.6 Å². The van der Waals surface area contributed by atoms with Crippen LogP contribution in [0.2, 0.25) is 0 Å². The Bertz CT molecular complexity index is 966. The molecule has 0 aliphatic carbocycles. The summed E-state index contributed by atoms with van der Waals surface area (Å²) in [5.41, 5.74) is 3.85. The summed E-state index contributed by atoms with van der Waals surface area (Å²) in [6, 6.07) is 5.89. The highest BCUT2D eigenvalue weighted by Gasteiger charge is 2.21. The second kappa shape index (κ2) is 6.53. The Labute approximate surface area is 148 Å². The summed E-state index contributed by atoms with van der Waals surface area (Å²) < 4.78 is 64.9.